The second kappa shape index (κ2) is 17.7. The second-order valence-electron chi connectivity index (χ2n) is 22.7. The molecule has 330 valence electrons. The van der Waals surface area contributed by atoms with Gasteiger partial charge in [-0.05, 0) is 0 Å². The standard InChI is InChI=1S/2C27H31.C3H7.CH3.2ClH.H2Si.Zr/c2*1-3-19(2)22-7-9-23(10-8-22)25-6-4-5-24-15-21(16-26(24)25)18-27-13-11-20(17-27)12-14-27;1-3-2;;;;;/h2*4-10,15-16,19-20H,3,11-14,17-18H2,1-2H3;1,3H2,2H3;1H3;2*1H;1H2;. The van der Waals surface area contributed by atoms with Crippen molar-refractivity contribution in [2.24, 2.45) is 22.7 Å². The molecule has 4 unspecified atom stereocenters. The summed E-state index contributed by atoms with van der Waals surface area (Å²) in [4.78, 5) is 0. The molecular formula is C58H76Cl2SiZr. The van der Waals surface area contributed by atoms with Gasteiger partial charge in [-0.2, -0.15) is 0 Å². The van der Waals surface area contributed by atoms with E-state index in [1.807, 2.05) is 11.1 Å². The van der Waals surface area contributed by atoms with Gasteiger partial charge < -0.3 is 0 Å². The Morgan fingerprint density at radius 1 is 0.581 bits per heavy atom. The third-order valence-electron chi connectivity index (χ3n) is 18.7. The largest absolute Gasteiger partial charge is 0.147 e. The smallest absolute Gasteiger partial charge is 0.147 e. The zero-order valence-corrected chi connectivity index (χ0v) is 44.5. The molecule has 4 heteroatoms. The third-order valence-corrected chi connectivity index (χ3v) is 42.2. The van der Waals surface area contributed by atoms with E-state index in [0.717, 1.165) is 11.8 Å². The van der Waals surface area contributed by atoms with Crippen molar-refractivity contribution in [1.82, 2.24) is 0 Å². The maximum Gasteiger partial charge on any atom is -0.147 e. The average molecular weight is 963 g/mol. The van der Waals surface area contributed by atoms with Crippen molar-refractivity contribution in [3.63, 3.8) is 0 Å². The van der Waals surface area contributed by atoms with Gasteiger partial charge in [0.15, 0.2) is 0 Å². The first-order valence-corrected chi connectivity index (χ1v) is 37.8. The molecule has 4 aromatic carbocycles. The molecule has 4 fully saturated rings. The minimum absolute atomic E-state index is 0. The maximum atomic E-state index is 3.03. The molecule has 4 bridgehead atoms. The van der Waals surface area contributed by atoms with Crippen LogP contribution in [0.3, 0.4) is 0 Å². The minimum Gasteiger partial charge on any atom is -0.147 e. The van der Waals surface area contributed by atoms with Crippen LogP contribution in [0.4, 0.5) is 0 Å². The molecular weight excluding hydrogens is 887 g/mol. The first-order valence-electron chi connectivity index (χ1n) is 24.9. The summed E-state index contributed by atoms with van der Waals surface area (Å²) in [5.74, 6) is 3.15. The molecule has 10 rings (SSSR count). The van der Waals surface area contributed by atoms with Crippen molar-refractivity contribution in [2.75, 3.05) is 0 Å². The van der Waals surface area contributed by atoms with Crippen LogP contribution in [0, 0.1) is 22.7 Å². The number of allylic oxidation sites excluding steroid dienone is 2. The molecule has 62 heavy (non-hydrogen) atoms. The quantitative estimate of drug-likeness (QED) is 0.111. The summed E-state index contributed by atoms with van der Waals surface area (Å²) in [6.45, 7) is 14.6. The first kappa shape index (κ1) is 46.6. The van der Waals surface area contributed by atoms with E-state index in [-0.39, 0.29) is 24.8 Å². The van der Waals surface area contributed by atoms with E-state index in [4.69, 9.17) is 0 Å². The number of rotatable bonds is 14. The summed E-state index contributed by atoms with van der Waals surface area (Å²) in [7, 11) is 0. The van der Waals surface area contributed by atoms with Crippen molar-refractivity contribution in [1.29, 1.82) is 0 Å². The molecule has 6 aliphatic carbocycles. The molecule has 4 aromatic rings. The van der Waals surface area contributed by atoms with Gasteiger partial charge in [-0.15, -0.1) is 24.8 Å². The van der Waals surface area contributed by atoms with E-state index in [2.05, 4.69) is 143 Å². The van der Waals surface area contributed by atoms with E-state index in [9.17, 15) is 0 Å². The Kier molecular flexibility index (Phi) is 13.3. The van der Waals surface area contributed by atoms with Crippen molar-refractivity contribution in [3.8, 4) is 22.3 Å². The molecule has 0 aliphatic heterocycles. The van der Waals surface area contributed by atoms with Gasteiger partial charge in [0, 0.05) is 0 Å². The molecule has 0 aromatic heterocycles. The fourth-order valence-corrected chi connectivity index (χ4v) is 41.1. The summed E-state index contributed by atoms with van der Waals surface area (Å²) in [5, 5.41) is 0. The molecule has 0 heterocycles. The first-order chi connectivity index (χ1) is 28.9. The van der Waals surface area contributed by atoms with Gasteiger partial charge in [0.1, 0.15) is 0 Å². The number of hydrogen-bond donors (Lipinski definition) is 0. The fourth-order valence-electron chi connectivity index (χ4n) is 15.4. The Morgan fingerprint density at radius 3 is 1.29 bits per heavy atom. The molecule has 6 aliphatic rings. The van der Waals surface area contributed by atoms with Crippen LogP contribution in [-0.2, 0) is 17.4 Å². The monoisotopic (exact) mass is 960 g/mol. The van der Waals surface area contributed by atoms with Gasteiger partial charge in [-0.1, -0.05) is 0 Å². The summed E-state index contributed by atoms with van der Waals surface area (Å²) in [5.41, 5.74) is 20.0. The molecule has 0 nitrogen and oxygen atoms in total. The van der Waals surface area contributed by atoms with E-state index in [1.165, 1.54) is 134 Å². The fraction of sp³-hybridized carbons (Fsp3) is 0.517. The maximum absolute atomic E-state index is 4.02. The van der Waals surface area contributed by atoms with E-state index in [1.54, 1.807) is 22.3 Å². The van der Waals surface area contributed by atoms with Crippen LogP contribution in [0.15, 0.2) is 96.1 Å². The van der Waals surface area contributed by atoms with Crippen LogP contribution in [0.1, 0.15) is 183 Å². The molecule has 0 saturated heterocycles. The zero-order chi connectivity index (χ0) is 41.5. The number of fused-ring (bicyclic) bond motifs is 6. The molecule has 0 spiro atoms. The Bertz CT molecular complexity index is 2240. The molecule has 4 saturated carbocycles. The van der Waals surface area contributed by atoms with Crippen LogP contribution in [0.25, 0.3) is 34.4 Å². The van der Waals surface area contributed by atoms with Crippen molar-refractivity contribution in [2.45, 2.75) is 159 Å². The average Bonchev–Trinajstić information content (AvgIpc) is 4.13. The van der Waals surface area contributed by atoms with Crippen molar-refractivity contribution < 1.29 is 17.4 Å². The number of halogens is 2. The molecule has 4 atom stereocenters. The van der Waals surface area contributed by atoms with Gasteiger partial charge in [0.05, 0.1) is 0 Å². The van der Waals surface area contributed by atoms with Crippen molar-refractivity contribution >= 4 is 43.8 Å². The Labute approximate surface area is 391 Å². The predicted molar refractivity (Wildman–Crippen MR) is 274 cm³/mol. The van der Waals surface area contributed by atoms with Gasteiger partial charge in [0.25, 0.3) is 0 Å². The minimum atomic E-state index is -4.02. The van der Waals surface area contributed by atoms with E-state index >= 15 is 0 Å². The van der Waals surface area contributed by atoms with Gasteiger partial charge in [0.2, 0.25) is 0 Å². The number of benzene rings is 4. The molecule has 0 amide bonds. The summed E-state index contributed by atoms with van der Waals surface area (Å²) < 4.78 is 5.63. The Balaban J connectivity index is 0.00000264. The van der Waals surface area contributed by atoms with Crippen molar-refractivity contribution in [3.05, 3.63) is 129 Å². The van der Waals surface area contributed by atoms with Gasteiger partial charge in [-0.25, -0.2) is 0 Å². The second-order valence-corrected chi connectivity index (χ2v) is 51.1. The van der Waals surface area contributed by atoms with E-state index in [0.29, 0.717) is 29.9 Å². The summed E-state index contributed by atoms with van der Waals surface area (Å²) in [6, 6.07) is 34.6. The van der Waals surface area contributed by atoms with Gasteiger partial charge in [-0.3, -0.25) is 0 Å². The SMILES string of the molecule is CC[CH2][Zr]([CH3])(=[SiH2])([CH]1C(CC23CCC(CC2)C3)=Cc2c(-c3ccc(C(C)CC)cc3)cccc21)[CH]1C(CC23CCC(CC2)C3)=Cc2c(-c3ccc(C(C)CC)cc3)cccc21.Cl.Cl. The summed E-state index contributed by atoms with van der Waals surface area (Å²) >= 11 is -4.02. The van der Waals surface area contributed by atoms with E-state index < -0.39 is 17.4 Å². The summed E-state index contributed by atoms with van der Waals surface area (Å²) in [6.07, 6.45) is 26.7. The van der Waals surface area contributed by atoms with Gasteiger partial charge >= 0.3 is 370 Å². The topological polar surface area (TPSA) is 0 Å². The van der Waals surface area contributed by atoms with Crippen LogP contribution in [-0.4, -0.2) is 6.88 Å². The number of hydrogen-bond acceptors (Lipinski definition) is 0. The van der Waals surface area contributed by atoms with Crippen LogP contribution in [0.5, 0.6) is 0 Å². The van der Waals surface area contributed by atoms with Crippen LogP contribution < -0.4 is 0 Å². The molecule has 0 radical (unpaired) electrons. The Morgan fingerprint density at radius 2 is 0.968 bits per heavy atom. The van der Waals surface area contributed by atoms with Crippen LogP contribution in [0.2, 0.25) is 8.76 Å². The predicted octanol–water partition coefficient (Wildman–Crippen LogP) is 17.5. The normalized spacial score (nSPS) is 27.9. The zero-order valence-electron chi connectivity index (χ0n) is 39.0. The Hall–Kier alpha value is -1.96. The van der Waals surface area contributed by atoms with Crippen LogP contribution >= 0.6 is 24.8 Å². The third kappa shape index (κ3) is 7.86. The molecule has 0 N–H and O–H groups in total.